The van der Waals surface area contributed by atoms with Gasteiger partial charge < -0.3 is 15.8 Å². The second kappa shape index (κ2) is 7.50. The van der Waals surface area contributed by atoms with Gasteiger partial charge in [-0.25, -0.2) is 0 Å². The van der Waals surface area contributed by atoms with Crippen molar-refractivity contribution in [1.82, 2.24) is 5.32 Å². The van der Waals surface area contributed by atoms with Gasteiger partial charge >= 0.3 is 6.18 Å². The first kappa shape index (κ1) is 16.2. The zero-order chi connectivity index (χ0) is 13.5. The Morgan fingerprint density at radius 3 is 2.47 bits per heavy atom. The number of hydrogen-bond acceptors (Lipinski definition) is 3. The maximum absolute atomic E-state index is 11.7. The number of alkyl halides is 3. The summed E-state index contributed by atoms with van der Waals surface area (Å²) in [7, 11) is 0. The van der Waals surface area contributed by atoms with Gasteiger partial charge in [0.05, 0.1) is 0 Å². The van der Waals surface area contributed by atoms with Crippen LogP contribution in [0.2, 0.25) is 0 Å². The van der Waals surface area contributed by atoms with Gasteiger partial charge in [-0.1, -0.05) is 13.8 Å². The summed E-state index contributed by atoms with van der Waals surface area (Å²) in [5.74, 6) is -0.183. The highest BCUT2D eigenvalue weighted by Gasteiger charge is 2.27. The van der Waals surface area contributed by atoms with E-state index in [-0.39, 0.29) is 12.6 Å². The van der Waals surface area contributed by atoms with Crippen molar-refractivity contribution in [2.75, 3.05) is 19.8 Å². The minimum Gasteiger partial charge on any atom is -0.362 e. The molecular formula is C10H19F3N2O2. The summed E-state index contributed by atoms with van der Waals surface area (Å²) in [6, 6.07) is -0.193. The summed E-state index contributed by atoms with van der Waals surface area (Å²) in [5.41, 5.74) is 5.69. The van der Waals surface area contributed by atoms with Crippen molar-refractivity contribution in [2.24, 2.45) is 11.7 Å². The molecule has 0 bridgehead atoms. The van der Waals surface area contributed by atoms with E-state index in [1.54, 1.807) is 0 Å². The summed E-state index contributed by atoms with van der Waals surface area (Å²) in [4.78, 5) is 11.1. The molecule has 4 nitrogen and oxygen atoms in total. The molecule has 102 valence electrons. The van der Waals surface area contributed by atoms with Crippen LogP contribution in [0.25, 0.3) is 0 Å². The Morgan fingerprint density at radius 2 is 2.00 bits per heavy atom. The van der Waals surface area contributed by atoms with Crippen molar-refractivity contribution in [2.45, 2.75) is 32.5 Å². The second-order valence-corrected chi connectivity index (χ2v) is 4.30. The van der Waals surface area contributed by atoms with E-state index in [0.717, 1.165) is 6.42 Å². The molecule has 17 heavy (non-hydrogen) atoms. The lowest BCUT2D eigenvalue weighted by atomic mass is 10.0. The maximum Gasteiger partial charge on any atom is 0.411 e. The quantitative estimate of drug-likeness (QED) is 0.715. The van der Waals surface area contributed by atoms with Gasteiger partial charge in [-0.3, -0.25) is 4.79 Å². The summed E-state index contributed by atoms with van der Waals surface area (Å²) >= 11 is 0. The molecule has 0 aliphatic rings. The Balaban J connectivity index is 3.60. The van der Waals surface area contributed by atoms with Crippen LogP contribution in [0.4, 0.5) is 13.2 Å². The molecule has 0 aromatic carbocycles. The van der Waals surface area contributed by atoms with E-state index in [2.05, 4.69) is 10.1 Å². The number of hydrogen-bond donors (Lipinski definition) is 2. The number of nitrogens with two attached hydrogens (primary N) is 1. The molecule has 0 aliphatic carbocycles. The second-order valence-electron chi connectivity index (χ2n) is 4.30. The van der Waals surface area contributed by atoms with Crippen LogP contribution in [-0.2, 0) is 9.53 Å². The van der Waals surface area contributed by atoms with Crippen molar-refractivity contribution in [1.29, 1.82) is 0 Å². The lowest BCUT2D eigenvalue weighted by molar-refractivity contribution is -0.175. The minimum atomic E-state index is -4.41. The lowest BCUT2D eigenvalue weighted by Crippen LogP contribution is -2.39. The van der Waals surface area contributed by atoms with E-state index in [1.807, 2.05) is 13.8 Å². The minimum absolute atomic E-state index is 0.193. The molecule has 3 N–H and O–H groups in total. The Hall–Kier alpha value is -0.820. The number of ether oxygens (including phenoxy) is 1. The summed E-state index contributed by atoms with van der Waals surface area (Å²) in [6.45, 7) is 2.21. The monoisotopic (exact) mass is 256 g/mol. The third-order valence-corrected chi connectivity index (χ3v) is 1.83. The Kier molecular flexibility index (Phi) is 7.13. The molecular weight excluding hydrogens is 237 g/mol. The van der Waals surface area contributed by atoms with Crippen LogP contribution in [0.3, 0.4) is 0 Å². The zero-order valence-electron chi connectivity index (χ0n) is 10.0. The first-order chi connectivity index (χ1) is 7.70. The van der Waals surface area contributed by atoms with Gasteiger partial charge in [0.2, 0.25) is 5.91 Å². The predicted octanol–water partition coefficient (Wildman–Crippen LogP) is 1.05. The van der Waals surface area contributed by atoms with E-state index in [9.17, 15) is 18.0 Å². The molecule has 0 spiro atoms. The molecule has 0 rings (SSSR count). The van der Waals surface area contributed by atoms with E-state index in [0.29, 0.717) is 5.92 Å². The Morgan fingerprint density at radius 1 is 1.41 bits per heavy atom. The largest absolute Gasteiger partial charge is 0.411 e. The van der Waals surface area contributed by atoms with Gasteiger partial charge in [0, 0.05) is 12.6 Å². The van der Waals surface area contributed by atoms with Gasteiger partial charge in [-0.2, -0.15) is 13.2 Å². The molecule has 7 heteroatoms. The molecule has 1 atom stereocenters. The van der Waals surface area contributed by atoms with Gasteiger partial charge in [-0.15, -0.1) is 0 Å². The topological polar surface area (TPSA) is 64.3 Å². The fourth-order valence-corrected chi connectivity index (χ4v) is 1.24. The number of amides is 1. The van der Waals surface area contributed by atoms with Crippen molar-refractivity contribution in [3.63, 3.8) is 0 Å². The third kappa shape index (κ3) is 11.4. The smallest absolute Gasteiger partial charge is 0.362 e. The zero-order valence-corrected chi connectivity index (χ0v) is 10.0. The number of carbonyl (C=O) groups is 1. The predicted molar refractivity (Wildman–Crippen MR) is 57.3 cm³/mol. The number of carbonyl (C=O) groups excluding carboxylic acids is 1. The molecule has 0 saturated carbocycles. The molecule has 0 aromatic rings. The number of halogens is 3. The summed E-state index contributed by atoms with van der Waals surface area (Å²) in [5, 5.41) is 2.42. The van der Waals surface area contributed by atoms with E-state index in [4.69, 9.17) is 5.73 Å². The highest BCUT2D eigenvalue weighted by atomic mass is 19.4. The van der Waals surface area contributed by atoms with Crippen LogP contribution in [0.1, 0.15) is 20.3 Å². The highest BCUT2D eigenvalue weighted by Crippen LogP contribution is 2.13. The van der Waals surface area contributed by atoms with Crippen LogP contribution in [0.5, 0.6) is 0 Å². The van der Waals surface area contributed by atoms with Gasteiger partial charge in [0.1, 0.15) is 13.2 Å². The summed E-state index contributed by atoms with van der Waals surface area (Å²) in [6.07, 6.45) is -3.67. The first-order valence-electron chi connectivity index (χ1n) is 5.37. The van der Waals surface area contributed by atoms with Crippen molar-refractivity contribution in [3.05, 3.63) is 0 Å². The Bertz CT molecular complexity index is 232. The van der Waals surface area contributed by atoms with E-state index >= 15 is 0 Å². The fourth-order valence-electron chi connectivity index (χ4n) is 1.24. The van der Waals surface area contributed by atoms with Crippen molar-refractivity contribution >= 4 is 5.91 Å². The number of nitrogens with one attached hydrogen (secondary N) is 1. The van der Waals surface area contributed by atoms with Gasteiger partial charge in [-0.05, 0) is 12.3 Å². The molecule has 0 radical (unpaired) electrons. The van der Waals surface area contributed by atoms with Crippen LogP contribution in [0.15, 0.2) is 0 Å². The average molecular weight is 256 g/mol. The maximum atomic E-state index is 11.7. The molecule has 0 aromatic heterocycles. The van der Waals surface area contributed by atoms with Crippen LogP contribution in [0, 0.1) is 5.92 Å². The number of rotatable bonds is 7. The lowest BCUT2D eigenvalue weighted by Gasteiger charge is -2.15. The third-order valence-electron chi connectivity index (χ3n) is 1.83. The highest BCUT2D eigenvalue weighted by molar-refractivity contribution is 5.77. The van der Waals surface area contributed by atoms with Crippen LogP contribution in [-0.4, -0.2) is 37.9 Å². The van der Waals surface area contributed by atoms with Gasteiger partial charge in [0.25, 0.3) is 0 Å². The first-order valence-corrected chi connectivity index (χ1v) is 5.37. The van der Waals surface area contributed by atoms with Crippen molar-refractivity contribution < 1.29 is 22.7 Å². The van der Waals surface area contributed by atoms with Crippen molar-refractivity contribution in [3.8, 4) is 0 Å². The van der Waals surface area contributed by atoms with Crippen LogP contribution < -0.4 is 11.1 Å². The fraction of sp³-hybridized carbons (Fsp3) is 0.900. The molecule has 0 fully saturated rings. The SMILES string of the molecule is CC(C)CC(N)CNC(=O)COCC(F)(F)F. The van der Waals surface area contributed by atoms with E-state index < -0.39 is 25.3 Å². The average Bonchev–Trinajstić information content (AvgIpc) is 2.11. The standard InChI is InChI=1S/C10H19F3N2O2/c1-7(2)3-8(14)4-15-9(16)5-17-6-10(11,12)13/h7-8H,3-6,14H2,1-2H3,(H,15,16). The summed E-state index contributed by atoms with van der Waals surface area (Å²) < 4.78 is 39.3. The van der Waals surface area contributed by atoms with Gasteiger partial charge in [0.15, 0.2) is 0 Å². The normalized spacial score (nSPS) is 13.8. The molecule has 1 unspecified atom stereocenters. The molecule has 1 amide bonds. The molecule has 0 saturated heterocycles. The Labute approximate surface area is 98.7 Å². The van der Waals surface area contributed by atoms with Crippen LogP contribution >= 0.6 is 0 Å². The molecule has 0 aliphatic heterocycles. The molecule has 0 heterocycles. The van der Waals surface area contributed by atoms with E-state index in [1.165, 1.54) is 0 Å².